The smallest absolute Gasteiger partial charge is 0.0513 e. The van der Waals surface area contributed by atoms with Gasteiger partial charge in [-0.05, 0) is 26.7 Å². The summed E-state index contributed by atoms with van der Waals surface area (Å²) in [4.78, 5) is 0. The second-order valence-electron chi connectivity index (χ2n) is 2.28. The van der Waals surface area contributed by atoms with E-state index in [0.717, 1.165) is 0 Å². The number of aliphatic hydroxyl groups is 2. The van der Waals surface area contributed by atoms with E-state index in [4.69, 9.17) is 10.2 Å². The van der Waals surface area contributed by atoms with Crippen molar-refractivity contribution < 1.29 is 10.2 Å². The number of hydrogen-bond acceptors (Lipinski definition) is 2. The van der Waals surface area contributed by atoms with Crippen molar-refractivity contribution in [2.45, 2.75) is 46.3 Å². The Bertz CT molecular complexity index is 50.4. The SMILES string of the molecule is C.C[C@H](O)CC[C@H](C)O.S.S. The summed E-state index contributed by atoms with van der Waals surface area (Å²) in [5.74, 6) is 0. The summed E-state index contributed by atoms with van der Waals surface area (Å²) in [7, 11) is 0. The maximum Gasteiger partial charge on any atom is 0.0513 e. The molecule has 0 saturated heterocycles. The van der Waals surface area contributed by atoms with Crippen molar-refractivity contribution in [3.8, 4) is 0 Å². The predicted molar refractivity (Wildman–Crippen MR) is 60.1 cm³/mol. The molecule has 0 fully saturated rings. The average Bonchev–Trinajstić information content (AvgIpc) is 1.61. The maximum atomic E-state index is 8.69. The number of hydrogen-bond donors (Lipinski definition) is 2. The van der Waals surface area contributed by atoms with Gasteiger partial charge < -0.3 is 10.2 Å². The highest BCUT2D eigenvalue weighted by Crippen LogP contribution is 1.98. The molecule has 0 aliphatic heterocycles. The molecule has 0 amide bonds. The van der Waals surface area contributed by atoms with Crippen LogP contribution in [-0.4, -0.2) is 22.4 Å². The third-order valence-electron chi connectivity index (χ3n) is 1.00. The average molecular weight is 202 g/mol. The molecule has 0 radical (unpaired) electrons. The molecule has 11 heavy (non-hydrogen) atoms. The minimum Gasteiger partial charge on any atom is -0.393 e. The van der Waals surface area contributed by atoms with Crippen LogP contribution in [0.4, 0.5) is 0 Å². The molecule has 0 spiro atoms. The molecule has 74 valence electrons. The molecule has 0 bridgehead atoms. The first-order valence-electron chi connectivity index (χ1n) is 2.99. The molecule has 2 nitrogen and oxygen atoms in total. The molecular weight excluding hydrogens is 180 g/mol. The fourth-order valence-corrected chi connectivity index (χ4v) is 0.482. The third kappa shape index (κ3) is 25.0. The van der Waals surface area contributed by atoms with E-state index in [1.807, 2.05) is 0 Å². The summed E-state index contributed by atoms with van der Waals surface area (Å²) in [6.07, 6.45) is 0.837. The van der Waals surface area contributed by atoms with Crippen LogP contribution in [0.3, 0.4) is 0 Å². The van der Waals surface area contributed by atoms with E-state index in [-0.39, 0.29) is 46.6 Å². The van der Waals surface area contributed by atoms with E-state index in [1.165, 1.54) is 0 Å². The molecule has 0 aliphatic rings. The molecule has 0 aromatic carbocycles. The molecular formula is C7H22O2S2. The summed E-state index contributed by atoms with van der Waals surface area (Å²) in [5, 5.41) is 17.4. The van der Waals surface area contributed by atoms with Crippen LogP contribution < -0.4 is 0 Å². The van der Waals surface area contributed by atoms with Gasteiger partial charge in [-0.2, -0.15) is 27.0 Å². The van der Waals surface area contributed by atoms with E-state index < -0.39 is 0 Å². The summed E-state index contributed by atoms with van der Waals surface area (Å²) in [5.41, 5.74) is 0. The van der Waals surface area contributed by atoms with Crippen LogP contribution >= 0.6 is 27.0 Å². The predicted octanol–water partition coefficient (Wildman–Crippen LogP) is 1.39. The lowest BCUT2D eigenvalue weighted by Gasteiger charge is -2.04. The zero-order valence-electron chi connectivity index (χ0n) is 6.46. The summed E-state index contributed by atoms with van der Waals surface area (Å²) >= 11 is 0. The van der Waals surface area contributed by atoms with E-state index in [0.29, 0.717) is 12.8 Å². The largest absolute Gasteiger partial charge is 0.393 e. The van der Waals surface area contributed by atoms with Gasteiger partial charge in [0.2, 0.25) is 0 Å². The van der Waals surface area contributed by atoms with Crippen LogP contribution in [0.1, 0.15) is 34.1 Å². The highest BCUT2D eigenvalue weighted by Gasteiger charge is 1.98. The standard InChI is InChI=1S/C6H14O2.CH4.2H2S/c1-5(7)3-4-6(2)8;;;/h5-8H,3-4H2,1-2H3;1H4;2*1H2/t5-,6-;;;/m0.../s1. The number of aliphatic hydroxyl groups excluding tert-OH is 2. The highest BCUT2D eigenvalue weighted by molar-refractivity contribution is 7.59. The van der Waals surface area contributed by atoms with Crippen molar-refractivity contribution in [3.63, 3.8) is 0 Å². The molecule has 4 heteroatoms. The molecule has 2 atom stereocenters. The fourth-order valence-electron chi connectivity index (χ4n) is 0.482. The van der Waals surface area contributed by atoms with Crippen molar-refractivity contribution in [2.75, 3.05) is 0 Å². The first-order valence-corrected chi connectivity index (χ1v) is 2.99. The van der Waals surface area contributed by atoms with Gasteiger partial charge in [0, 0.05) is 0 Å². The molecule has 0 heterocycles. The Hall–Kier alpha value is 0.620. The first-order chi connectivity index (χ1) is 3.63. The second-order valence-corrected chi connectivity index (χ2v) is 2.28. The quantitative estimate of drug-likeness (QED) is 0.726. The minimum absolute atomic E-state index is 0. The molecule has 2 N–H and O–H groups in total. The monoisotopic (exact) mass is 202 g/mol. The molecule has 0 aromatic heterocycles. The van der Waals surface area contributed by atoms with Crippen LogP contribution in [0.2, 0.25) is 0 Å². The maximum absolute atomic E-state index is 8.69. The lowest BCUT2D eigenvalue weighted by atomic mass is 10.1. The van der Waals surface area contributed by atoms with Crippen molar-refractivity contribution in [1.29, 1.82) is 0 Å². The van der Waals surface area contributed by atoms with Gasteiger partial charge in [0.25, 0.3) is 0 Å². The van der Waals surface area contributed by atoms with Crippen molar-refractivity contribution in [1.82, 2.24) is 0 Å². The van der Waals surface area contributed by atoms with Gasteiger partial charge in [-0.15, -0.1) is 0 Å². The van der Waals surface area contributed by atoms with Gasteiger partial charge in [0.15, 0.2) is 0 Å². The zero-order valence-corrected chi connectivity index (χ0v) is 8.46. The van der Waals surface area contributed by atoms with Crippen molar-refractivity contribution in [3.05, 3.63) is 0 Å². The Morgan fingerprint density at radius 3 is 1.18 bits per heavy atom. The Balaban J connectivity index is -0.0000000817. The minimum atomic E-state index is -0.274. The van der Waals surface area contributed by atoms with Crippen molar-refractivity contribution in [2.24, 2.45) is 0 Å². The van der Waals surface area contributed by atoms with Gasteiger partial charge in [-0.1, -0.05) is 7.43 Å². The first kappa shape index (κ1) is 22.6. The second kappa shape index (κ2) is 13.2. The van der Waals surface area contributed by atoms with E-state index in [1.54, 1.807) is 13.8 Å². The Morgan fingerprint density at radius 1 is 0.909 bits per heavy atom. The summed E-state index contributed by atoms with van der Waals surface area (Å²) < 4.78 is 0. The van der Waals surface area contributed by atoms with Crippen LogP contribution in [0.25, 0.3) is 0 Å². The summed E-state index contributed by atoms with van der Waals surface area (Å²) in [6.45, 7) is 3.45. The number of rotatable bonds is 3. The van der Waals surface area contributed by atoms with Gasteiger partial charge in [0.05, 0.1) is 12.2 Å². The zero-order chi connectivity index (χ0) is 6.57. The Morgan fingerprint density at radius 2 is 1.09 bits per heavy atom. The molecule has 0 aromatic rings. The van der Waals surface area contributed by atoms with E-state index in [2.05, 4.69) is 0 Å². The fraction of sp³-hybridized carbons (Fsp3) is 1.00. The Kier molecular flexibility index (Phi) is 27.1. The lowest BCUT2D eigenvalue weighted by Crippen LogP contribution is -2.06. The molecule has 0 saturated carbocycles. The third-order valence-corrected chi connectivity index (χ3v) is 1.00. The van der Waals surface area contributed by atoms with Gasteiger partial charge >= 0.3 is 0 Å². The topological polar surface area (TPSA) is 40.5 Å². The lowest BCUT2D eigenvalue weighted by molar-refractivity contribution is 0.133. The van der Waals surface area contributed by atoms with E-state index in [9.17, 15) is 0 Å². The van der Waals surface area contributed by atoms with Gasteiger partial charge in [-0.25, -0.2) is 0 Å². The van der Waals surface area contributed by atoms with Gasteiger partial charge in [0.1, 0.15) is 0 Å². The van der Waals surface area contributed by atoms with Crippen LogP contribution in [0.5, 0.6) is 0 Å². The normalized spacial score (nSPS) is 13.1. The van der Waals surface area contributed by atoms with Gasteiger partial charge in [-0.3, -0.25) is 0 Å². The van der Waals surface area contributed by atoms with E-state index >= 15 is 0 Å². The molecule has 0 aliphatic carbocycles. The van der Waals surface area contributed by atoms with Crippen LogP contribution in [-0.2, 0) is 0 Å². The van der Waals surface area contributed by atoms with Crippen molar-refractivity contribution >= 4 is 27.0 Å². The van der Waals surface area contributed by atoms with Crippen LogP contribution in [0.15, 0.2) is 0 Å². The van der Waals surface area contributed by atoms with Crippen LogP contribution in [0, 0.1) is 0 Å². The highest BCUT2D eigenvalue weighted by atomic mass is 32.1. The Labute approximate surface area is 83.9 Å². The summed E-state index contributed by atoms with van der Waals surface area (Å²) in [6, 6.07) is 0. The molecule has 0 rings (SSSR count). The molecule has 0 unspecified atom stereocenters.